The molecule has 644 valence electrons. The Balaban J connectivity index is 0.000000133. The van der Waals surface area contributed by atoms with Crippen LogP contribution < -0.4 is 30.9 Å². The van der Waals surface area contributed by atoms with Crippen LogP contribution in [-0.2, 0) is 51.4 Å². The van der Waals surface area contributed by atoms with E-state index >= 15 is 0 Å². The van der Waals surface area contributed by atoms with Crippen LogP contribution in [0.25, 0.3) is 87.6 Å². The molecule has 0 saturated carbocycles. The Labute approximate surface area is 714 Å². The van der Waals surface area contributed by atoms with Crippen molar-refractivity contribution in [2.45, 2.75) is 116 Å². The van der Waals surface area contributed by atoms with Gasteiger partial charge in [0.2, 0.25) is 40.1 Å². The molecule has 0 spiro atoms. The highest BCUT2D eigenvalue weighted by Gasteiger charge is 2.31. The monoisotopic (exact) mass is 1730 g/mol. The number of aryl methyl sites for hydroxylation is 2. The van der Waals surface area contributed by atoms with E-state index in [1.165, 1.54) is 24.8 Å². The van der Waals surface area contributed by atoms with Gasteiger partial charge in [-0.1, -0.05) is 6.92 Å². The maximum absolute atomic E-state index is 13.7. The first-order valence-electron chi connectivity index (χ1n) is 41.6. The van der Waals surface area contributed by atoms with Gasteiger partial charge < -0.3 is 35.6 Å². The average molecular weight is 1740 g/mol. The molecule has 5 fully saturated rings. The Hall–Kier alpha value is -10.5. The van der Waals surface area contributed by atoms with Crippen LogP contribution in [-0.4, -0.2) is 230 Å². The minimum Gasteiger partial charge on any atom is -0.495 e. The number of aromatic nitrogens is 9. The van der Waals surface area contributed by atoms with E-state index in [-0.39, 0.29) is 41.5 Å². The largest absolute Gasteiger partial charge is 0.495 e. The summed E-state index contributed by atoms with van der Waals surface area (Å²) in [6, 6.07) is 31.3. The van der Waals surface area contributed by atoms with Crippen molar-refractivity contribution in [1.29, 1.82) is 0 Å². The molecule has 4 aromatic carbocycles. The molecule has 12 aromatic rings. The number of halogens is 1. The third-order valence-electron chi connectivity index (χ3n) is 23.2. The molecule has 5 aliphatic heterocycles. The number of anilines is 5. The van der Waals surface area contributed by atoms with Crippen molar-refractivity contribution in [2.24, 2.45) is 0 Å². The molecular weight excluding hydrogens is 1630 g/mol. The van der Waals surface area contributed by atoms with Gasteiger partial charge in [0.25, 0.3) is 0 Å². The fourth-order valence-corrected chi connectivity index (χ4v) is 20.4. The fraction of sp³-hybridized carbons (Fsp3) is 0.393. The molecule has 28 nitrogen and oxygen atoms in total. The second kappa shape index (κ2) is 39.4. The SMILES string of the molecule is CCCn1cc(-c2cc(NC3CCN(S(=O)(=O)CC)CC3)c3cnccc3c2)cn1.CCS(=O)(=O)N1CCC(Nc2cc(-c3cncc(F)c3)cc3ccncc23)CC1.COc1cncc(-c2cc(NC3CCN(S(C)(=O)=O)CC3)c3cnccc3c2)c1.Cc1cc(-c2cc(NC3CCN(S(C)(=O)=O)CC3)c3cnccc3c2)cnc1N1CCOCC1. The van der Waals surface area contributed by atoms with Crippen molar-refractivity contribution in [2.75, 3.05) is 136 Å². The number of rotatable bonds is 22. The molecule has 5 saturated heterocycles. The van der Waals surface area contributed by atoms with Crippen molar-refractivity contribution in [1.82, 2.24) is 61.9 Å². The van der Waals surface area contributed by atoms with E-state index in [0.29, 0.717) is 63.7 Å². The van der Waals surface area contributed by atoms with Crippen LogP contribution in [0.15, 0.2) is 184 Å². The average Bonchev–Trinajstić information content (AvgIpc) is 1.11. The zero-order valence-electron chi connectivity index (χ0n) is 70.0. The van der Waals surface area contributed by atoms with Crippen molar-refractivity contribution in [3.05, 3.63) is 195 Å². The van der Waals surface area contributed by atoms with Crippen LogP contribution in [0, 0.1) is 12.7 Å². The number of fused-ring (bicyclic) bond motifs is 4. The summed E-state index contributed by atoms with van der Waals surface area (Å²) in [7, 11) is -10.9. The number of morpholine rings is 1. The predicted octanol–water partition coefficient (Wildman–Crippen LogP) is 13.8. The molecule has 8 aromatic heterocycles. The number of benzene rings is 4. The quantitative estimate of drug-likeness (QED) is 0.0490. The van der Waals surface area contributed by atoms with E-state index in [0.717, 1.165) is 207 Å². The molecular formula is C89H107FN18O10S4. The molecule has 0 amide bonds. The molecule has 0 unspecified atom stereocenters. The molecule has 5 aliphatic rings. The number of methoxy groups -OCH3 is 1. The van der Waals surface area contributed by atoms with E-state index < -0.39 is 40.1 Å². The highest BCUT2D eigenvalue weighted by Crippen LogP contribution is 2.39. The van der Waals surface area contributed by atoms with E-state index in [2.05, 4.69) is 124 Å². The van der Waals surface area contributed by atoms with Gasteiger partial charge >= 0.3 is 0 Å². The summed E-state index contributed by atoms with van der Waals surface area (Å²) in [6.45, 7) is 16.0. The summed E-state index contributed by atoms with van der Waals surface area (Å²) in [4.78, 5) is 32.5. The maximum atomic E-state index is 13.7. The minimum absolute atomic E-state index is 0.130. The Kier molecular flexibility index (Phi) is 28.3. The smallest absolute Gasteiger partial charge is 0.213 e. The lowest BCUT2D eigenvalue weighted by molar-refractivity contribution is 0.122. The van der Waals surface area contributed by atoms with E-state index in [1.807, 2.05) is 103 Å². The third-order valence-corrected chi connectivity index (χ3v) is 29.5. The zero-order chi connectivity index (χ0) is 85.7. The van der Waals surface area contributed by atoms with E-state index in [4.69, 9.17) is 14.5 Å². The van der Waals surface area contributed by atoms with Crippen molar-refractivity contribution in [3.63, 3.8) is 0 Å². The zero-order valence-corrected chi connectivity index (χ0v) is 73.2. The lowest BCUT2D eigenvalue weighted by Crippen LogP contribution is -2.42. The Bertz CT molecular complexity index is 6140. The standard InChI is InChI=1S/C25H31N5O3S.C22H29N5O2S.C21H23FN4O2S.C21H24N4O3S/c1-18-13-21(16-27-25(18)29-9-11-33-12-10-29)20-14-19-3-6-26-17-23(19)24(15-20)28-22-4-7-30(8-5-22)34(2,31)32;1-3-9-26-16-19(14-24-26)18-12-17-5-8-23-15-21(17)22(13-18)25-20-6-10-27(11-7-20)30(28,29)4-2;1-2-29(27,28)26-7-4-19(5-8-26)25-21-11-16(17-10-18(22)13-24-12-17)9-15-3-6-23-14-20(15)21;1-28-19-10-17(12-23-13-19)16-9-15-3-6-22-14-20(15)21(11-16)24-18-4-7-25(8-5-18)29(2,26)27/h3,6,13-17,22,28H,4-5,7-12H2,1-2H3;5,8,12-16,20,25H,3-4,6-7,9-11H2,1-2H3;3,6,9-14,19,25H,2,4-5,7-8H2,1H3;3,6,9-14,18,24H,4-5,7-8H2,1-2H3. The van der Waals surface area contributed by atoms with Crippen LogP contribution >= 0.6 is 0 Å². The van der Waals surface area contributed by atoms with Gasteiger partial charge in [-0.05, 0) is 219 Å². The van der Waals surface area contributed by atoms with Crippen molar-refractivity contribution >= 4 is 112 Å². The van der Waals surface area contributed by atoms with E-state index in [9.17, 15) is 38.1 Å². The minimum atomic E-state index is -3.15. The first-order valence-corrected chi connectivity index (χ1v) is 48.6. The number of nitrogens with zero attached hydrogens (tertiary/aromatic N) is 14. The van der Waals surface area contributed by atoms with Crippen LogP contribution in [0.2, 0.25) is 0 Å². The Morgan fingerprint density at radius 1 is 0.418 bits per heavy atom. The van der Waals surface area contributed by atoms with Gasteiger partial charge in [0.15, 0.2) is 0 Å². The summed E-state index contributed by atoms with van der Waals surface area (Å²) >= 11 is 0. The highest BCUT2D eigenvalue weighted by molar-refractivity contribution is 7.89. The second-order valence-corrected chi connectivity index (χ2v) is 40.0. The topological polar surface area (TPSA) is 327 Å². The summed E-state index contributed by atoms with van der Waals surface area (Å²) in [5.74, 6) is 1.64. The van der Waals surface area contributed by atoms with Crippen molar-refractivity contribution < 1.29 is 47.5 Å². The van der Waals surface area contributed by atoms with Crippen LogP contribution in [0.3, 0.4) is 0 Å². The lowest BCUT2D eigenvalue weighted by atomic mass is 9.99. The van der Waals surface area contributed by atoms with Gasteiger partial charge in [-0.15, -0.1) is 0 Å². The van der Waals surface area contributed by atoms with Gasteiger partial charge in [-0.3, -0.25) is 34.6 Å². The number of ether oxygens (including phenoxy) is 2. The van der Waals surface area contributed by atoms with Gasteiger partial charge in [0.05, 0.1) is 62.9 Å². The molecule has 122 heavy (non-hydrogen) atoms. The first-order chi connectivity index (χ1) is 58.8. The summed E-state index contributed by atoms with van der Waals surface area (Å²) in [5, 5.41) is 27.5. The van der Waals surface area contributed by atoms with Gasteiger partial charge in [0.1, 0.15) is 17.4 Å². The number of sulfonamides is 4. The van der Waals surface area contributed by atoms with Gasteiger partial charge in [-0.2, -0.15) is 5.10 Å². The highest BCUT2D eigenvalue weighted by atomic mass is 32.2. The van der Waals surface area contributed by atoms with E-state index in [1.54, 1.807) is 63.0 Å². The predicted molar refractivity (Wildman–Crippen MR) is 484 cm³/mol. The number of pyridine rings is 7. The van der Waals surface area contributed by atoms with Crippen molar-refractivity contribution in [3.8, 4) is 50.3 Å². The summed E-state index contributed by atoms with van der Waals surface area (Å²) in [6.07, 6.45) is 36.6. The summed E-state index contributed by atoms with van der Waals surface area (Å²) in [5.41, 5.74) is 13.1. The molecule has 4 N–H and O–H groups in total. The maximum Gasteiger partial charge on any atom is 0.213 e. The molecule has 17 rings (SSSR count). The lowest BCUT2D eigenvalue weighted by Gasteiger charge is -2.32. The Morgan fingerprint density at radius 2 is 0.787 bits per heavy atom. The summed E-state index contributed by atoms with van der Waals surface area (Å²) < 4.78 is 128. The second-order valence-electron chi connectivity index (χ2n) is 31.5. The third kappa shape index (κ3) is 21.9. The number of piperidine rings is 4. The van der Waals surface area contributed by atoms with Crippen LogP contribution in [0.1, 0.15) is 84.1 Å². The number of nitrogens with one attached hydrogen (secondary N) is 4. The molecule has 13 heterocycles. The Morgan fingerprint density at radius 3 is 1.15 bits per heavy atom. The molecule has 0 radical (unpaired) electrons. The molecule has 0 bridgehead atoms. The number of hydrogen-bond donors (Lipinski definition) is 4. The van der Waals surface area contributed by atoms with Gasteiger partial charge in [0, 0.05) is 237 Å². The fourth-order valence-electron chi connectivity index (χ4n) is 16.4. The molecule has 0 aliphatic carbocycles. The molecule has 33 heteroatoms. The van der Waals surface area contributed by atoms with Gasteiger partial charge in [-0.25, -0.2) is 60.3 Å². The first kappa shape index (κ1) is 87.8. The normalized spacial score (nSPS) is 16.8. The van der Waals surface area contributed by atoms with Crippen LogP contribution in [0.4, 0.5) is 33.0 Å². The molecule has 0 atom stereocenters. The number of hydrogen-bond acceptors (Lipinski definition) is 23. The van der Waals surface area contributed by atoms with Crippen LogP contribution in [0.5, 0.6) is 5.75 Å².